The number of aryl methyl sites for hydroxylation is 1. The third-order valence-corrected chi connectivity index (χ3v) is 4.68. The molecule has 0 saturated heterocycles. The normalized spacial score (nSPS) is 11.1. The van der Waals surface area contributed by atoms with Crippen LogP contribution in [0.3, 0.4) is 0 Å². The highest BCUT2D eigenvalue weighted by Gasteiger charge is 2.14. The number of halogens is 1. The van der Waals surface area contributed by atoms with Crippen LogP contribution in [0.1, 0.15) is 20.9 Å². The van der Waals surface area contributed by atoms with Crippen molar-refractivity contribution in [2.45, 2.75) is 6.92 Å². The first-order chi connectivity index (χ1) is 11.5. The molecule has 1 N–H and O–H groups in total. The maximum atomic E-state index is 13.6. The van der Waals surface area contributed by atoms with E-state index in [0.29, 0.717) is 21.1 Å². The van der Waals surface area contributed by atoms with Crippen LogP contribution in [0.15, 0.2) is 54.6 Å². The van der Waals surface area contributed by atoms with E-state index < -0.39 is 0 Å². The van der Waals surface area contributed by atoms with Crippen LogP contribution in [-0.2, 0) is 0 Å². The molecule has 0 fully saturated rings. The first-order valence-electron chi connectivity index (χ1n) is 7.28. The molecule has 0 bridgehead atoms. The quantitative estimate of drug-likeness (QED) is 0.545. The third-order valence-electron chi connectivity index (χ3n) is 3.45. The summed E-state index contributed by atoms with van der Waals surface area (Å²) in [5.74, 6) is -0.401. The van der Waals surface area contributed by atoms with Gasteiger partial charge in [-0.25, -0.2) is 9.37 Å². The molecule has 3 rings (SSSR count). The first kappa shape index (κ1) is 16.1. The van der Waals surface area contributed by atoms with Gasteiger partial charge in [-0.05, 0) is 49.4 Å². The van der Waals surface area contributed by atoms with Gasteiger partial charge in [0, 0.05) is 11.1 Å². The van der Waals surface area contributed by atoms with E-state index in [4.69, 9.17) is 0 Å². The average molecular weight is 339 g/mol. The lowest BCUT2D eigenvalue weighted by atomic mass is 10.1. The van der Waals surface area contributed by atoms with E-state index in [-0.39, 0.29) is 17.3 Å². The van der Waals surface area contributed by atoms with Crippen molar-refractivity contribution in [3.05, 3.63) is 76.6 Å². The molecule has 0 aliphatic heterocycles. The standard InChI is InChI=1S/C19H14FNO2S/c1-12-18(17(23)11-8-13-4-2-3-5-16(13)20)24-19(21-12)14-6-9-15(22)10-7-14/h2-11,22H,1H3. The number of aromatic hydroxyl groups is 1. The van der Waals surface area contributed by atoms with Gasteiger partial charge >= 0.3 is 0 Å². The van der Waals surface area contributed by atoms with E-state index in [2.05, 4.69) is 4.98 Å². The van der Waals surface area contributed by atoms with Gasteiger partial charge in [-0.2, -0.15) is 0 Å². The maximum Gasteiger partial charge on any atom is 0.197 e. The summed E-state index contributed by atoms with van der Waals surface area (Å²) >= 11 is 1.28. The predicted molar refractivity (Wildman–Crippen MR) is 93.7 cm³/mol. The summed E-state index contributed by atoms with van der Waals surface area (Å²) in [4.78, 5) is 17.3. The number of benzene rings is 2. The Morgan fingerprint density at radius 2 is 1.88 bits per heavy atom. The summed E-state index contributed by atoms with van der Waals surface area (Å²) in [6.07, 6.45) is 2.83. The van der Waals surface area contributed by atoms with Gasteiger partial charge in [0.1, 0.15) is 16.6 Å². The van der Waals surface area contributed by atoms with E-state index in [1.54, 1.807) is 49.4 Å². The van der Waals surface area contributed by atoms with Crippen molar-refractivity contribution >= 4 is 23.2 Å². The number of carbonyl (C=O) groups is 1. The van der Waals surface area contributed by atoms with Crippen molar-refractivity contribution in [1.82, 2.24) is 4.98 Å². The summed E-state index contributed by atoms with van der Waals surface area (Å²) in [6.45, 7) is 1.77. The molecule has 0 radical (unpaired) electrons. The lowest BCUT2D eigenvalue weighted by molar-refractivity contribution is 0.105. The number of nitrogens with zero attached hydrogens (tertiary/aromatic N) is 1. The van der Waals surface area contributed by atoms with Crippen LogP contribution < -0.4 is 0 Å². The number of phenolic OH excluding ortho intramolecular Hbond substituents is 1. The largest absolute Gasteiger partial charge is 0.508 e. The number of hydrogen-bond acceptors (Lipinski definition) is 4. The molecule has 2 aromatic carbocycles. The van der Waals surface area contributed by atoms with Crippen LogP contribution in [0, 0.1) is 12.7 Å². The number of thiazole rings is 1. The Kier molecular flexibility index (Phi) is 4.53. The summed E-state index contributed by atoms with van der Waals surface area (Å²) in [6, 6.07) is 12.9. The monoisotopic (exact) mass is 339 g/mol. The van der Waals surface area contributed by atoms with E-state index in [1.165, 1.54) is 29.6 Å². The molecule has 120 valence electrons. The molecule has 1 aromatic heterocycles. The van der Waals surface area contributed by atoms with Gasteiger partial charge < -0.3 is 5.11 Å². The molecule has 0 spiro atoms. The topological polar surface area (TPSA) is 50.2 Å². The molecule has 1 heterocycles. The van der Waals surface area contributed by atoms with E-state index in [0.717, 1.165) is 5.56 Å². The second kappa shape index (κ2) is 6.76. The minimum absolute atomic E-state index is 0.177. The number of carbonyl (C=O) groups excluding carboxylic acids is 1. The van der Waals surface area contributed by atoms with Crippen LogP contribution in [0.4, 0.5) is 4.39 Å². The number of allylic oxidation sites excluding steroid dienone is 1. The molecule has 3 aromatic rings. The molecule has 0 saturated carbocycles. The van der Waals surface area contributed by atoms with Crippen molar-refractivity contribution in [2.24, 2.45) is 0 Å². The van der Waals surface area contributed by atoms with Crippen molar-refractivity contribution < 1.29 is 14.3 Å². The molecule has 3 nitrogen and oxygen atoms in total. The minimum atomic E-state index is -0.368. The summed E-state index contributed by atoms with van der Waals surface area (Å²) in [5.41, 5.74) is 1.83. The molecule has 0 amide bonds. The summed E-state index contributed by atoms with van der Waals surface area (Å²) in [7, 11) is 0. The summed E-state index contributed by atoms with van der Waals surface area (Å²) in [5, 5.41) is 10.0. The van der Waals surface area contributed by atoms with E-state index >= 15 is 0 Å². The number of phenols is 1. The van der Waals surface area contributed by atoms with Crippen molar-refractivity contribution in [3.63, 3.8) is 0 Å². The van der Waals surface area contributed by atoms with Gasteiger partial charge in [0.15, 0.2) is 5.78 Å². The summed E-state index contributed by atoms with van der Waals surface area (Å²) < 4.78 is 13.6. The number of hydrogen-bond donors (Lipinski definition) is 1. The SMILES string of the molecule is Cc1nc(-c2ccc(O)cc2)sc1C(=O)C=Cc1ccccc1F. The van der Waals surface area contributed by atoms with Crippen molar-refractivity contribution in [2.75, 3.05) is 0 Å². The Hall–Kier alpha value is -2.79. The van der Waals surface area contributed by atoms with E-state index in [9.17, 15) is 14.3 Å². The highest BCUT2D eigenvalue weighted by molar-refractivity contribution is 7.17. The fourth-order valence-electron chi connectivity index (χ4n) is 2.20. The molecule has 0 aliphatic rings. The second-order valence-corrected chi connectivity index (χ2v) is 6.20. The van der Waals surface area contributed by atoms with Crippen molar-refractivity contribution in [3.8, 4) is 16.3 Å². The molecule has 0 unspecified atom stereocenters. The molecular weight excluding hydrogens is 325 g/mol. The Bertz CT molecular complexity index is 913. The van der Waals surface area contributed by atoms with Gasteiger partial charge in [-0.1, -0.05) is 18.2 Å². The zero-order valence-corrected chi connectivity index (χ0v) is 13.7. The van der Waals surface area contributed by atoms with Crippen LogP contribution in [0.5, 0.6) is 5.75 Å². The van der Waals surface area contributed by atoms with E-state index in [1.807, 2.05) is 0 Å². The third kappa shape index (κ3) is 3.41. The minimum Gasteiger partial charge on any atom is -0.508 e. The lowest BCUT2D eigenvalue weighted by Crippen LogP contribution is -1.93. The van der Waals surface area contributed by atoms with Gasteiger partial charge in [0.25, 0.3) is 0 Å². The molecule has 24 heavy (non-hydrogen) atoms. The van der Waals surface area contributed by atoms with Crippen LogP contribution in [0.25, 0.3) is 16.6 Å². The molecule has 5 heteroatoms. The van der Waals surface area contributed by atoms with Crippen LogP contribution in [-0.4, -0.2) is 15.9 Å². The first-order valence-corrected chi connectivity index (χ1v) is 8.10. The Labute approximate surface area is 142 Å². The number of ketones is 1. The Balaban J connectivity index is 1.86. The molecule has 0 atom stereocenters. The average Bonchev–Trinajstić information content (AvgIpc) is 2.96. The van der Waals surface area contributed by atoms with Gasteiger partial charge in [0.2, 0.25) is 0 Å². The Morgan fingerprint density at radius 3 is 2.58 bits per heavy atom. The number of aromatic nitrogens is 1. The fraction of sp³-hybridized carbons (Fsp3) is 0.0526. The smallest absolute Gasteiger partial charge is 0.197 e. The maximum absolute atomic E-state index is 13.6. The van der Waals surface area contributed by atoms with Gasteiger partial charge in [-0.15, -0.1) is 11.3 Å². The fourth-order valence-corrected chi connectivity index (χ4v) is 3.20. The zero-order chi connectivity index (χ0) is 17.1. The predicted octanol–water partition coefficient (Wildman–Crippen LogP) is 4.86. The zero-order valence-electron chi connectivity index (χ0n) is 12.9. The lowest BCUT2D eigenvalue weighted by Gasteiger charge is -1.96. The van der Waals surface area contributed by atoms with Gasteiger partial charge in [0.05, 0.1) is 10.6 Å². The molecular formula is C19H14FNO2S. The second-order valence-electron chi connectivity index (χ2n) is 5.20. The van der Waals surface area contributed by atoms with Crippen LogP contribution in [0.2, 0.25) is 0 Å². The highest BCUT2D eigenvalue weighted by atomic mass is 32.1. The Morgan fingerprint density at radius 1 is 1.17 bits per heavy atom. The van der Waals surface area contributed by atoms with Crippen LogP contribution >= 0.6 is 11.3 Å². The number of rotatable bonds is 4. The van der Waals surface area contributed by atoms with Gasteiger partial charge in [-0.3, -0.25) is 4.79 Å². The van der Waals surface area contributed by atoms with Crippen molar-refractivity contribution in [1.29, 1.82) is 0 Å². The molecule has 0 aliphatic carbocycles. The highest BCUT2D eigenvalue weighted by Crippen LogP contribution is 2.29.